The van der Waals surface area contributed by atoms with Crippen molar-refractivity contribution < 1.29 is 13.6 Å². The van der Waals surface area contributed by atoms with Gasteiger partial charge in [-0.15, -0.1) is 0 Å². The average Bonchev–Trinajstić information content (AvgIpc) is 2.68. The summed E-state index contributed by atoms with van der Waals surface area (Å²) in [6, 6.07) is 15.7. The van der Waals surface area contributed by atoms with Gasteiger partial charge in [-0.3, -0.25) is 4.79 Å². The zero-order chi connectivity index (χ0) is 21.8. The van der Waals surface area contributed by atoms with E-state index in [1.165, 1.54) is 12.1 Å². The van der Waals surface area contributed by atoms with E-state index in [-0.39, 0.29) is 17.5 Å². The maximum atomic E-state index is 13.5. The van der Waals surface area contributed by atoms with E-state index in [1.54, 1.807) is 18.2 Å². The summed E-state index contributed by atoms with van der Waals surface area (Å²) in [4.78, 5) is 12.3. The number of halogens is 3. The van der Waals surface area contributed by atoms with Gasteiger partial charge >= 0.3 is 0 Å². The number of rotatable bonds is 4. The van der Waals surface area contributed by atoms with Crippen LogP contribution in [0.3, 0.4) is 0 Å². The lowest BCUT2D eigenvalue weighted by Crippen LogP contribution is -2.29. The van der Waals surface area contributed by atoms with Crippen LogP contribution < -0.4 is 5.32 Å². The van der Waals surface area contributed by atoms with E-state index in [0.717, 1.165) is 33.3 Å². The molecule has 0 radical (unpaired) electrons. The smallest absolute Gasteiger partial charge is 0.270 e. The number of carbonyl (C=O) groups excluding carboxylic acids is 1. The summed E-state index contributed by atoms with van der Waals surface area (Å²) in [5.74, 6) is -2.99. The predicted octanol–water partition coefficient (Wildman–Crippen LogP) is 7.55. The molecule has 29 heavy (non-hydrogen) atoms. The third kappa shape index (κ3) is 5.41. The van der Waals surface area contributed by atoms with Crippen LogP contribution in [0.4, 0.5) is 8.78 Å². The Balaban J connectivity index is 0.00000145. The van der Waals surface area contributed by atoms with Crippen LogP contribution >= 0.6 is 15.9 Å². The number of hydrogen-bond acceptors (Lipinski definition) is 1. The zero-order valence-corrected chi connectivity index (χ0v) is 18.9. The van der Waals surface area contributed by atoms with E-state index in [2.05, 4.69) is 21.2 Å². The largest absolute Gasteiger partial charge is 0.350 e. The molecule has 5 heteroatoms. The van der Waals surface area contributed by atoms with Gasteiger partial charge in [-0.25, -0.2) is 8.78 Å². The van der Waals surface area contributed by atoms with Crippen molar-refractivity contribution in [3.8, 4) is 11.1 Å². The molecule has 3 rings (SSSR count). The highest BCUT2D eigenvalue weighted by Gasteiger charge is 2.23. The number of benzene rings is 3. The molecule has 0 fully saturated rings. The molecule has 0 bridgehead atoms. The average molecular weight is 462 g/mol. The minimum atomic E-state index is -2.86. The minimum Gasteiger partial charge on any atom is -0.350 e. The molecule has 1 amide bonds. The van der Waals surface area contributed by atoms with Crippen molar-refractivity contribution in [3.05, 3.63) is 70.2 Å². The summed E-state index contributed by atoms with van der Waals surface area (Å²) >= 11 is 3.54. The van der Waals surface area contributed by atoms with E-state index in [4.69, 9.17) is 0 Å². The molecule has 0 aliphatic carbocycles. The number of hydrogen-bond donors (Lipinski definition) is 1. The molecule has 0 atom stereocenters. The SMILES string of the molecule is CC.CC(C)NC(=O)c1ccc2c(-c3ccc(C(C)(F)F)cc3)ccc(Br)c2c1. The predicted molar refractivity (Wildman–Crippen MR) is 121 cm³/mol. The number of nitrogens with one attached hydrogen (secondary N) is 1. The highest BCUT2D eigenvalue weighted by molar-refractivity contribution is 9.10. The number of fused-ring (bicyclic) bond motifs is 1. The van der Waals surface area contributed by atoms with Crippen LogP contribution in [-0.2, 0) is 5.92 Å². The monoisotopic (exact) mass is 461 g/mol. The molecule has 1 N–H and O–H groups in total. The minimum absolute atomic E-state index is 0.0136. The fourth-order valence-electron chi connectivity index (χ4n) is 2.99. The van der Waals surface area contributed by atoms with Crippen LogP contribution in [-0.4, -0.2) is 11.9 Å². The summed E-state index contributed by atoms with van der Waals surface area (Å²) in [6.07, 6.45) is 0. The zero-order valence-electron chi connectivity index (χ0n) is 17.3. The second-order valence-electron chi connectivity index (χ2n) is 6.95. The van der Waals surface area contributed by atoms with E-state index >= 15 is 0 Å². The molecule has 0 saturated heterocycles. The lowest BCUT2D eigenvalue weighted by Gasteiger charge is -2.14. The van der Waals surface area contributed by atoms with Gasteiger partial charge in [0.1, 0.15) is 0 Å². The number of amides is 1. The van der Waals surface area contributed by atoms with Gasteiger partial charge in [-0.05, 0) is 53.9 Å². The van der Waals surface area contributed by atoms with Gasteiger partial charge in [0.05, 0.1) is 0 Å². The van der Waals surface area contributed by atoms with Gasteiger partial charge in [0.25, 0.3) is 11.8 Å². The Kier molecular flexibility index (Phi) is 7.53. The van der Waals surface area contributed by atoms with Crippen LogP contribution in [0.25, 0.3) is 21.9 Å². The van der Waals surface area contributed by atoms with Gasteiger partial charge in [-0.1, -0.05) is 66.2 Å². The normalized spacial score (nSPS) is 11.2. The second kappa shape index (κ2) is 9.49. The molecule has 0 spiro atoms. The Morgan fingerprint density at radius 3 is 2.14 bits per heavy atom. The number of carbonyl (C=O) groups is 1. The van der Waals surface area contributed by atoms with Crippen LogP contribution in [0, 0.1) is 0 Å². The van der Waals surface area contributed by atoms with Crippen LogP contribution in [0.1, 0.15) is 50.5 Å². The Morgan fingerprint density at radius 1 is 0.966 bits per heavy atom. The summed E-state index contributed by atoms with van der Waals surface area (Å²) in [6.45, 7) is 8.72. The first-order valence-corrected chi connectivity index (χ1v) is 10.5. The first-order valence-electron chi connectivity index (χ1n) is 9.68. The van der Waals surface area contributed by atoms with Crippen molar-refractivity contribution >= 4 is 32.6 Å². The van der Waals surface area contributed by atoms with Gasteiger partial charge in [0.2, 0.25) is 0 Å². The van der Waals surface area contributed by atoms with E-state index in [1.807, 2.05) is 52.0 Å². The van der Waals surface area contributed by atoms with E-state index < -0.39 is 5.92 Å². The summed E-state index contributed by atoms with van der Waals surface area (Å²) in [5.41, 5.74) is 2.34. The van der Waals surface area contributed by atoms with Crippen molar-refractivity contribution in [1.82, 2.24) is 5.32 Å². The molecule has 3 aromatic rings. The molecular formula is C24H26BrF2NO. The first-order chi connectivity index (χ1) is 13.7. The second-order valence-corrected chi connectivity index (χ2v) is 7.80. The topological polar surface area (TPSA) is 29.1 Å². The number of alkyl halides is 2. The third-order valence-electron chi connectivity index (χ3n) is 4.35. The van der Waals surface area contributed by atoms with Crippen LogP contribution in [0.5, 0.6) is 0 Å². The van der Waals surface area contributed by atoms with Crippen molar-refractivity contribution in [2.45, 2.75) is 46.6 Å². The summed E-state index contributed by atoms with van der Waals surface area (Å²) in [7, 11) is 0. The van der Waals surface area contributed by atoms with Crippen molar-refractivity contribution in [2.24, 2.45) is 0 Å². The first kappa shape index (κ1) is 23.0. The van der Waals surface area contributed by atoms with Crippen LogP contribution in [0.2, 0.25) is 0 Å². The third-order valence-corrected chi connectivity index (χ3v) is 5.04. The Bertz CT molecular complexity index is 992. The van der Waals surface area contributed by atoms with E-state index in [9.17, 15) is 13.6 Å². The highest BCUT2D eigenvalue weighted by Crippen LogP contribution is 2.35. The van der Waals surface area contributed by atoms with Crippen molar-refractivity contribution in [3.63, 3.8) is 0 Å². The van der Waals surface area contributed by atoms with E-state index in [0.29, 0.717) is 5.56 Å². The van der Waals surface area contributed by atoms with Gasteiger partial charge in [0.15, 0.2) is 0 Å². The lowest BCUT2D eigenvalue weighted by molar-refractivity contribution is 0.0175. The van der Waals surface area contributed by atoms with Gasteiger partial charge < -0.3 is 5.32 Å². The van der Waals surface area contributed by atoms with Crippen molar-refractivity contribution in [2.75, 3.05) is 0 Å². The molecule has 0 aromatic heterocycles. The summed E-state index contributed by atoms with van der Waals surface area (Å²) in [5, 5.41) is 4.73. The standard InChI is InChI=1S/C22H20BrF2NO.C2H6/c1-13(2)26-21(27)15-6-9-18-17(10-11-20(23)19(18)12-15)14-4-7-16(8-5-14)22(3,24)25;1-2/h4-13H,1-3H3,(H,26,27);1-2H3. The molecule has 0 unspecified atom stereocenters. The Morgan fingerprint density at radius 2 is 1.59 bits per heavy atom. The molecule has 0 saturated carbocycles. The molecule has 0 aliphatic rings. The lowest BCUT2D eigenvalue weighted by atomic mass is 9.95. The van der Waals surface area contributed by atoms with Gasteiger partial charge in [-0.2, -0.15) is 0 Å². The molecular weight excluding hydrogens is 436 g/mol. The molecule has 0 heterocycles. The molecule has 154 valence electrons. The molecule has 3 aromatic carbocycles. The summed E-state index contributed by atoms with van der Waals surface area (Å²) < 4.78 is 27.8. The quantitative estimate of drug-likeness (QED) is 0.426. The highest BCUT2D eigenvalue weighted by atomic mass is 79.9. The fourth-order valence-corrected chi connectivity index (χ4v) is 3.45. The maximum Gasteiger partial charge on any atom is 0.270 e. The molecule has 0 aliphatic heterocycles. The van der Waals surface area contributed by atoms with Crippen molar-refractivity contribution in [1.29, 1.82) is 0 Å². The Hall–Kier alpha value is -2.27. The molecule has 2 nitrogen and oxygen atoms in total. The maximum absolute atomic E-state index is 13.5. The Labute approximate surface area is 179 Å². The van der Waals surface area contributed by atoms with Gasteiger partial charge in [0, 0.05) is 28.6 Å². The fraction of sp³-hybridized carbons (Fsp3) is 0.292. The van der Waals surface area contributed by atoms with Crippen LogP contribution in [0.15, 0.2) is 59.1 Å².